The number of sulfone groups is 1. The number of benzene rings is 2. The van der Waals surface area contributed by atoms with E-state index in [-0.39, 0.29) is 29.0 Å². The lowest BCUT2D eigenvalue weighted by molar-refractivity contribution is -0.121. The molecule has 1 amide bonds. The maximum Gasteiger partial charge on any atom is 0.221 e. The van der Waals surface area contributed by atoms with Gasteiger partial charge in [0.05, 0.1) is 16.7 Å². The van der Waals surface area contributed by atoms with Gasteiger partial charge in [-0.1, -0.05) is 35.9 Å². The quantitative estimate of drug-likeness (QED) is 0.715. The number of nitrogens with one attached hydrogen (secondary N) is 1. The Morgan fingerprint density at radius 2 is 1.81 bits per heavy atom. The third-order valence-corrected chi connectivity index (χ3v) is 5.96. The number of carbonyl (C=O) groups excluding carboxylic acids is 1. The largest absolute Gasteiger partial charge is 0.459 e. The summed E-state index contributed by atoms with van der Waals surface area (Å²) in [6, 6.07) is 15.8. The summed E-state index contributed by atoms with van der Waals surface area (Å²) in [4.78, 5) is 12.4. The summed E-state index contributed by atoms with van der Waals surface area (Å²) >= 11 is 0. The molecule has 0 aliphatic rings. The summed E-state index contributed by atoms with van der Waals surface area (Å²) in [5, 5.41) is 3.76. The van der Waals surface area contributed by atoms with Gasteiger partial charge < -0.3 is 9.73 Å². The standard InChI is InChI=1S/C20H21NO4S/c1-14-7-9-17(10-8-14)26(23,24)12-11-20(22)21-15(2)19-13-16-5-3-4-6-18(16)25-19/h3-10,13,15H,11-12H2,1-2H3,(H,21,22)/t15-/m1/s1. The Kier molecular flexibility index (Phi) is 5.13. The average molecular weight is 371 g/mol. The van der Waals surface area contributed by atoms with Gasteiger partial charge in [-0.3, -0.25) is 4.79 Å². The van der Waals surface area contributed by atoms with Crippen LogP contribution in [0.2, 0.25) is 0 Å². The fourth-order valence-electron chi connectivity index (χ4n) is 2.69. The van der Waals surface area contributed by atoms with E-state index in [1.54, 1.807) is 24.3 Å². The molecule has 0 saturated carbocycles. The molecule has 0 fully saturated rings. The lowest BCUT2D eigenvalue weighted by Crippen LogP contribution is -2.28. The van der Waals surface area contributed by atoms with Crippen molar-refractivity contribution in [2.75, 3.05) is 5.75 Å². The molecular formula is C20H21NO4S. The minimum absolute atomic E-state index is 0.0965. The van der Waals surface area contributed by atoms with Crippen molar-refractivity contribution >= 4 is 26.7 Å². The predicted molar refractivity (Wildman–Crippen MR) is 101 cm³/mol. The van der Waals surface area contributed by atoms with Crippen molar-refractivity contribution in [2.24, 2.45) is 0 Å². The Balaban J connectivity index is 1.60. The summed E-state index contributed by atoms with van der Waals surface area (Å²) < 4.78 is 30.4. The lowest BCUT2D eigenvalue weighted by atomic mass is 10.2. The Labute approximate surface area is 152 Å². The second-order valence-corrected chi connectivity index (χ2v) is 8.47. The third-order valence-electron chi connectivity index (χ3n) is 4.23. The molecule has 0 saturated heterocycles. The van der Waals surface area contributed by atoms with E-state index in [4.69, 9.17) is 4.42 Å². The molecule has 2 aromatic carbocycles. The van der Waals surface area contributed by atoms with Gasteiger partial charge in [0.1, 0.15) is 11.3 Å². The van der Waals surface area contributed by atoms with Crippen LogP contribution in [0, 0.1) is 6.92 Å². The van der Waals surface area contributed by atoms with Gasteiger partial charge in [-0.15, -0.1) is 0 Å². The first kappa shape index (κ1) is 18.2. The number of amides is 1. The highest BCUT2D eigenvalue weighted by Crippen LogP contribution is 2.23. The molecule has 3 rings (SSSR count). The molecule has 26 heavy (non-hydrogen) atoms. The SMILES string of the molecule is Cc1ccc(S(=O)(=O)CCC(=O)N[C@H](C)c2cc3ccccc3o2)cc1. The molecule has 0 bridgehead atoms. The van der Waals surface area contributed by atoms with Crippen molar-refractivity contribution in [1.82, 2.24) is 5.32 Å². The van der Waals surface area contributed by atoms with Crippen LogP contribution in [0.1, 0.15) is 30.7 Å². The van der Waals surface area contributed by atoms with Crippen LogP contribution in [0.15, 0.2) is 63.9 Å². The number of aryl methyl sites for hydroxylation is 1. The number of furan rings is 1. The molecule has 5 nitrogen and oxygen atoms in total. The van der Waals surface area contributed by atoms with Crippen LogP contribution in [-0.2, 0) is 14.6 Å². The van der Waals surface area contributed by atoms with Crippen molar-refractivity contribution < 1.29 is 17.6 Å². The molecule has 1 atom stereocenters. The van der Waals surface area contributed by atoms with Crippen LogP contribution in [0.5, 0.6) is 0 Å². The zero-order valence-corrected chi connectivity index (χ0v) is 15.5. The highest BCUT2D eigenvalue weighted by atomic mass is 32.2. The monoisotopic (exact) mass is 371 g/mol. The summed E-state index contributed by atoms with van der Waals surface area (Å²) in [5.74, 6) is 0.0870. The third kappa shape index (κ3) is 4.14. The van der Waals surface area contributed by atoms with Gasteiger partial charge in [-0.2, -0.15) is 0 Å². The molecule has 136 valence electrons. The second-order valence-electron chi connectivity index (χ2n) is 6.36. The van der Waals surface area contributed by atoms with E-state index in [1.165, 1.54) is 0 Å². The molecule has 0 aliphatic heterocycles. The molecule has 0 unspecified atom stereocenters. The van der Waals surface area contributed by atoms with Gasteiger partial charge in [0, 0.05) is 11.8 Å². The molecule has 6 heteroatoms. The van der Waals surface area contributed by atoms with Crippen LogP contribution in [-0.4, -0.2) is 20.1 Å². The number of fused-ring (bicyclic) bond motifs is 1. The molecular weight excluding hydrogens is 350 g/mol. The first-order valence-electron chi connectivity index (χ1n) is 8.42. The number of carbonyl (C=O) groups is 1. The van der Waals surface area contributed by atoms with E-state index in [1.807, 2.05) is 44.2 Å². The Hall–Kier alpha value is -2.60. The lowest BCUT2D eigenvalue weighted by Gasteiger charge is -2.11. The van der Waals surface area contributed by atoms with Gasteiger partial charge in [0.15, 0.2) is 9.84 Å². The van der Waals surface area contributed by atoms with Crippen LogP contribution < -0.4 is 5.32 Å². The zero-order valence-electron chi connectivity index (χ0n) is 14.7. The van der Waals surface area contributed by atoms with Gasteiger partial charge >= 0.3 is 0 Å². The van der Waals surface area contributed by atoms with Crippen molar-refractivity contribution in [3.8, 4) is 0 Å². The molecule has 1 N–H and O–H groups in total. The van der Waals surface area contributed by atoms with E-state index in [2.05, 4.69) is 5.32 Å². The summed E-state index contributed by atoms with van der Waals surface area (Å²) in [6.07, 6.45) is -0.0965. The fourth-order valence-corrected chi connectivity index (χ4v) is 3.93. The molecule has 0 aliphatic carbocycles. The predicted octanol–water partition coefficient (Wildman–Crippen LogP) is 3.78. The van der Waals surface area contributed by atoms with Crippen LogP contribution >= 0.6 is 0 Å². The summed E-state index contributed by atoms with van der Waals surface area (Å²) in [7, 11) is -3.48. The minimum Gasteiger partial charge on any atom is -0.459 e. The highest BCUT2D eigenvalue weighted by molar-refractivity contribution is 7.91. The van der Waals surface area contributed by atoms with Crippen molar-refractivity contribution in [2.45, 2.75) is 31.2 Å². The van der Waals surface area contributed by atoms with E-state index in [0.29, 0.717) is 5.76 Å². The Morgan fingerprint density at radius 1 is 1.12 bits per heavy atom. The summed E-state index contributed by atoms with van der Waals surface area (Å²) in [5.41, 5.74) is 1.74. The first-order chi connectivity index (χ1) is 12.3. The topological polar surface area (TPSA) is 76.4 Å². The van der Waals surface area contributed by atoms with E-state index in [9.17, 15) is 13.2 Å². The van der Waals surface area contributed by atoms with Gasteiger partial charge in [-0.25, -0.2) is 8.42 Å². The van der Waals surface area contributed by atoms with Crippen molar-refractivity contribution in [3.63, 3.8) is 0 Å². The molecule has 1 heterocycles. The highest BCUT2D eigenvalue weighted by Gasteiger charge is 2.19. The smallest absolute Gasteiger partial charge is 0.221 e. The molecule has 0 spiro atoms. The zero-order chi connectivity index (χ0) is 18.7. The fraction of sp³-hybridized carbons (Fsp3) is 0.250. The number of para-hydroxylation sites is 1. The van der Waals surface area contributed by atoms with E-state index >= 15 is 0 Å². The maximum atomic E-state index is 12.3. The normalized spacial score (nSPS) is 12.8. The van der Waals surface area contributed by atoms with Gasteiger partial charge in [0.25, 0.3) is 0 Å². The van der Waals surface area contributed by atoms with Crippen molar-refractivity contribution in [3.05, 3.63) is 65.9 Å². The second kappa shape index (κ2) is 7.33. The molecule has 0 radical (unpaired) electrons. The number of hydrogen-bond acceptors (Lipinski definition) is 4. The molecule has 3 aromatic rings. The average Bonchev–Trinajstić information content (AvgIpc) is 3.05. The number of rotatable bonds is 6. The van der Waals surface area contributed by atoms with Gasteiger partial charge in [-0.05, 0) is 38.1 Å². The Morgan fingerprint density at radius 3 is 2.50 bits per heavy atom. The van der Waals surface area contributed by atoms with Crippen LogP contribution in [0.3, 0.4) is 0 Å². The Bertz CT molecular complexity index is 986. The first-order valence-corrected chi connectivity index (χ1v) is 10.1. The van der Waals surface area contributed by atoms with E-state index < -0.39 is 9.84 Å². The summed E-state index contributed by atoms with van der Waals surface area (Å²) in [6.45, 7) is 3.70. The molecule has 1 aromatic heterocycles. The van der Waals surface area contributed by atoms with Crippen LogP contribution in [0.4, 0.5) is 0 Å². The minimum atomic E-state index is -3.48. The van der Waals surface area contributed by atoms with Crippen molar-refractivity contribution in [1.29, 1.82) is 0 Å². The maximum absolute atomic E-state index is 12.3. The van der Waals surface area contributed by atoms with Gasteiger partial charge in [0.2, 0.25) is 5.91 Å². The van der Waals surface area contributed by atoms with E-state index in [0.717, 1.165) is 16.5 Å². The van der Waals surface area contributed by atoms with Crippen LogP contribution in [0.25, 0.3) is 11.0 Å². The number of hydrogen-bond donors (Lipinski definition) is 1.